The van der Waals surface area contributed by atoms with Crippen molar-refractivity contribution >= 4 is 16.8 Å². The highest BCUT2D eigenvalue weighted by Crippen LogP contribution is 2.40. The molecule has 26 heavy (non-hydrogen) atoms. The molecule has 2 saturated carbocycles. The van der Waals surface area contributed by atoms with Gasteiger partial charge in [-0.15, -0.1) is 0 Å². The van der Waals surface area contributed by atoms with Crippen molar-refractivity contribution in [1.29, 1.82) is 0 Å². The van der Waals surface area contributed by atoms with Crippen molar-refractivity contribution in [3.8, 4) is 0 Å². The van der Waals surface area contributed by atoms with Crippen LogP contribution in [0.3, 0.4) is 0 Å². The molecule has 2 aliphatic carbocycles. The third kappa shape index (κ3) is 2.56. The Kier molecular flexibility index (Phi) is 3.84. The largest absolute Gasteiger partial charge is 0.332 e. The topological polar surface area (TPSA) is 55.2 Å². The number of para-hydroxylation sites is 1. The van der Waals surface area contributed by atoms with Gasteiger partial charge in [-0.05, 0) is 50.7 Å². The van der Waals surface area contributed by atoms with E-state index in [9.17, 15) is 9.59 Å². The van der Waals surface area contributed by atoms with E-state index in [0.717, 1.165) is 56.4 Å². The molecule has 5 rings (SSSR count). The van der Waals surface area contributed by atoms with Crippen LogP contribution in [0.5, 0.6) is 0 Å². The number of benzene rings is 1. The zero-order valence-electron chi connectivity index (χ0n) is 15.1. The maximum atomic E-state index is 13.3. The molecule has 0 bridgehead atoms. The van der Waals surface area contributed by atoms with Crippen molar-refractivity contribution in [2.24, 2.45) is 5.92 Å². The molecule has 1 aromatic carbocycles. The Bertz CT molecular complexity index is 909. The number of rotatable bonds is 3. The number of hydrogen-bond acceptors (Lipinski definition) is 3. The standard InChI is InChI=1S/C21H25N3O2/c25-20(14-11-12-14)23-13-5-10-18(23)19-22-17-9-4-3-8-16(17)21(26)24(19)15-6-1-2-7-15/h3-4,8-9,14-15,18H,1-2,5-7,10-13H2. The van der Waals surface area contributed by atoms with Gasteiger partial charge in [0.25, 0.3) is 5.56 Å². The smallest absolute Gasteiger partial charge is 0.261 e. The first kappa shape index (κ1) is 16.0. The lowest BCUT2D eigenvalue weighted by Crippen LogP contribution is -2.37. The van der Waals surface area contributed by atoms with Crippen LogP contribution in [0.1, 0.15) is 69.3 Å². The summed E-state index contributed by atoms with van der Waals surface area (Å²) in [7, 11) is 0. The molecule has 3 aliphatic rings. The van der Waals surface area contributed by atoms with E-state index < -0.39 is 0 Å². The van der Waals surface area contributed by atoms with Gasteiger partial charge in [-0.2, -0.15) is 0 Å². The summed E-state index contributed by atoms with van der Waals surface area (Å²) >= 11 is 0. The summed E-state index contributed by atoms with van der Waals surface area (Å²) in [5.41, 5.74) is 0.829. The summed E-state index contributed by atoms with van der Waals surface area (Å²) in [6.07, 6.45) is 8.35. The second kappa shape index (κ2) is 6.22. The van der Waals surface area contributed by atoms with Gasteiger partial charge >= 0.3 is 0 Å². The van der Waals surface area contributed by atoms with Crippen LogP contribution in [0.25, 0.3) is 10.9 Å². The SMILES string of the molecule is O=C(C1CC1)N1CCCC1c1nc2ccccc2c(=O)n1C1CCCC1. The van der Waals surface area contributed by atoms with E-state index in [-0.39, 0.29) is 29.5 Å². The Morgan fingerprint density at radius 1 is 1.00 bits per heavy atom. The van der Waals surface area contributed by atoms with Crippen molar-refractivity contribution in [2.45, 2.75) is 63.5 Å². The molecule has 2 heterocycles. The van der Waals surface area contributed by atoms with Gasteiger partial charge in [0.2, 0.25) is 5.91 Å². The fraction of sp³-hybridized carbons (Fsp3) is 0.571. The quantitative estimate of drug-likeness (QED) is 0.849. The number of carbonyl (C=O) groups is 1. The molecule has 1 aliphatic heterocycles. The summed E-state index contributed by atoms with van der Waals surface area (Å²) in [6, 6.07) is 7.82. The van der Waals surface area contributed by atoms with Gasteiger partial charge in [0, 0.05) is 18.5 Å². The minimum atomic E-state index is -0.0407. The van der Waals surface area contributed by atoms with Gasteiger partial charge in [0.1, 0.15) is 5.82 Å². The number of amides is 1. The Morgan fingerprint density at radius 2 is 1.77 bits per heavy atom. The van der Waals surface area contributed by atoms with Crippen molar-refractivity contribution in [1.82, 2.24) is 14.5 Å². The van der Waals surface area contributed by atoms with Crippen LogP contribution in [0, 0.1) is 5.92 Å². The first-order chi connectivity index (χ1) is 12.7. The minimum absolute atomic E-state index is 0.0407. The van der Waals surface area contributed by atoms with Gasteiger partial charge in [0.15, 0.2) is 0 Å². The number of nitrogens with zero attached hydrogens (tertiary/aromatic N) is 3. The number of likely N-dealkylation sites (tertiary alicyclic amines) is 1. The second-order valence-electron chi connectivity index (χ2n) is 8.06. The van der Waals surface area contributed by atoms with E-state index >= 15 is 0 Å². The zero-order chi connectivity index (χ0) is 17.7. The third-order valence-electron chi connectivity index (χ3n) is 6.29. The van der Waals surface area contributed by atoms with Gasteiger partial charge in [0.05, 0.1) is 16.9 Å². The lowest BCUT2D eigenvalue weighted by atomic mass is 10.1. The normalized spacial score (nSPS) is 23.8. The van der Waals surface area contributed by atoms with Crippen molar-refractivity contribution < 1.29 is 4.79 Å². The highest BCUT2D eigenvalue weighted by Gasteiger charge is 2.41. The lowest BCUT2D eigenvalue weighted by molar-refractivity contribution is -0.133. The van der Waals surface area contributed by atoms with Gasteiger partial charge in [-0.25, -0.2) is 4.98 Å². The molecule has 3 fully saturated rings. The molecular formula is C21H25N3O2. The van der Waals surface area contributed by atoms with Gasteiger partial charge < -0.3 is 4.90 Å². The van der Waals surface area contributed by atoms with Gasteiger partial charge in [-0.1, -0.05) is 25.0 Å². The summed E-state index contributed by atoms with van der Waals surface area (Å²) in [5.74, 6) is 1.31. The number of hydrogen-bond donors (Lipinski definition) is 0. The Balaban J connectivity index is 1.66. The predicted molar refractivity (Wildman–Crippen MR) is 99.9 cm³/mol. The van der Waals surface area contributed by atoms with E-state index in [1.807, 2.05) is 33.7 Å². The van der Waals surface area contributed by atoms with E-state index in [1.165, 1.54) is 12.8 Å². The monoisotopic (exact) mass is 351 g/mol. The van der Waals surface area contributed by atoms with E-state index in [2.05, 4.69) is 0 Å². The van der Waals surface area contributed by atoms with Crippen molar-refractivity contribution in [3.63, 3.8) is 0 Å². The number of carbonyl (C=O) groups excluding carboxylic acids is 1. The molecule has 5 heteroatoms. The molecule has 2 aromatic rings. The van der Waals surface area contributed by atoms with Crippen molar-refractivity contribution in [3.05, 3.63) is 40.4 Å². The summed E-state index contributed by atoms with van der Waals surface area (Å²) in [6.45, 7) is 0.799. The van der Waals surface area contributed by atoms with Crippen LogP contribution in [-0.2, 0) is 4.79 Å². The zero-order valence-corrected chi connectivity index (χ0v) is 15.1. The summed E-state index contributed by atoms with van der Waals surface area (Å²) in [5, 5.41) is 0.696. The van der Waals surface area contributed by atoms with Gasteiger partial charge in [-0.3, -0.25) is 14.2 Å². The predicted octanol–water partition coefficient (Wildman–Crippen LogP) is 3.59. The lowest BCUT2D eigenvalue weighted by Gasteiger charge is -2.28. The molecule has 0 radical (unpaired) electrons. The Labute approximate surface area is 153 Å². The van der Waals surface area contributed by atoms with Crippen LogP contribution >= 0.6 is 0 Å². The summed E-state index contributed by atoms with van der Waals surface area (Å²) in [4.78, 5) is 33.1. The van der Waals surface area contributed by atoms with Crippen LogP contribution in [0.2, 0.25) is 0 Å². The number of aromatic nitrogens is 2. The molecule has 1 amide bonds. The minimum Gasteiger partial charge on any atom is -0.332 e. The molecule has 136 valence electrons. The Morgan fingerprint density at radius 3 is 2.54 bits per heavy atom. The number of fused-ring (bicyclic) bond motifs is 1. The average Bonchev–Trinajstić information content (AvgIpc) is 3.16. The highest BCUT2D eigenvalue weighted by atomic mass is 16.2. The molecule has 1 unspecified atom stereocenters. The second-order valence-corrected chi connectivity index (χ2v) is 8.06. The molecule has 0 spiro atoms. The van der Waals surface area contributed by atoms with Crippen molar-refractivity contribution in [2.75, 3.05) is 6.54 Å². The maximum Gasteiger partial charge on any atom is 0.261 e. The first-order valence-electron chi connectivity index (χ1n) is 10.1. The molecule has 1 saturated heterocycles. The highest BCUT2D eigenvalue weighted by molar-refractivity contribution is 5.82. The molecular weight excluding hydrogens is 326 g/mol. The van der Waals surface area contributed by atoms with E-state index in [1.54, 1.807) is 0 Å². The Hall–Kier alpha value is -2.17. The third-order valence-corrected chi connectivity index (χ3v) is 6.29. The first-order valence-corrected chi connectivity index (χ1v) is 10.1. The average molecular weight is 351 g/mol. The van der Waals surface area contributed by atoms with Crippen LogP contribution in [-0.4, -0.2) is 26.9 Å². The molecule has 5 nitrogen and oxygen atoms in total. The van der Waals surface area contributed by atoms with E-state index in [4.69, 9.17) is 4.98 Å². The van der Waals surface area contributed by atoms with E-state index in [0.29, 0.717) is 5.39 Å². The molecule has 1 atom stereocenters. The van der Waals surface area contributed by atoms with Crippen LogP contribution < -0.4 is 5.56 Å². The van der Waals surface area contributed by atoms with Crippen LogP contribution in [0.4, 0.5) is 0 Å². The maximum absolute atomic E-state index is 13.3. The fourth-order valence-electron chi connectivity index (χ4n) is 4.78. The van der Waals surface area contributed by atoms with Crippen LogP contribution in [0.15, 0.2) is 29.1 Å². The summed E-state index contributed by atoms with van der Waals surface area (Å²) < 4.78 is 1.96. The fourth-order valence-corrected chi connectivity index (χ4v) is 4.78. The molecule has 1 aromatic heterocycles. The molecule has 0 N–H and O–H groups in total.